The summed E-state index contributed by atoms with van der Waals surface area (Å²) in [6.07, 6.45) is 4.60. The van der Waals surface area contributed by atoms with Crippen LogP contribution in [-0.4, -0.2) is 38.3 Å². The second-order valence-electron chi connectivity index (χ2n) is 6.65. The number of carbonyl (C=O) groups excluding carboxylic acids is 1. The van der Waals surface area contributed by atoms with Crippen LogP contribution in [0.15, 0.2) is 24.3 Å². The molecule has 1 aromatic carbocycles. The summed E-state index contributed by atoms with van der Waals surface area (Å²) in [5, 5.41) is 7.31. The summed E-state index contributed by atoms with van der Waals surface area (Å²) in [6.45, 7) is 3.08. The molecular weight excluding hydrogens is 347 g/mol. The van der Waals surface area contributed by atoms with Crippen LogP contribution >= 0.6 is 24.0 Å². The molecule has 4 nitrogen and oxygen atoms in total. The smallest absolute Gasteiger partial charge is 0.221 e. The van der Waals surface area contributed by atoms with Gasteiger partial charge in [0.15, 0.2) is 0 Å². The molecule has 2 fully saturated rings. The van der Waals surface area contributed by atoms with Crippen LogP contribution in [0.5, 0.6) is 0 Å². The first-order chi connectivity index (χ1) is 11.2. The van der Waals surface area contributed by atoms with E-state index in [1.54, 1.807) is 0 Å². The summed E-state index contributed by atoms with van der Waals surface area (Å²) in [7, 11) is 0. The van der Waals surface area contributed by atoms with Crippen LogP contribution in [-0.2, 0) is 14.9 Å². The van der Waals surface area contributed by atoms with E-state index < -0.39 is 0 Å². The maximum absolute atomic E-state index is 12.3. The molecule has 1 atom stereocenters. The number of carbonyl (C=O) groups is 1. The Morgan fingerprint density at radius 2 is 2.08 bits per heavy atom. The Morgan fingerprint density at radius 1 is 1.33 bits per heavy atom. The van der Waals surface area contributed by atoms with Crippen molar-refractivity contribution < 1.29 is 9.53 Å². The van der Waals surface area contributed by atoms with Gasteiger partial charge in [-0.3, -0.25) is 4.79 Å². The maximum atomic E-state index is 12.3. The van der Waals surface area contributed by atoms with Gasteiger partial charge < -0.3 is 15.4 Å². The van der Waals surface area contributed by atoms with Gasteiger partial charge in [0, 0.05) is 42.7 Å². The molecule has 134 valence electrons. The summed E-state index contributed by atoms with van der Waals surface area (Å²) >= 11 is 6.44. The van der Waals surface area contributed by atoms with E-state index in [4.69, 9.17) is 16.3 Å². The lowest BCUT2D eigenvalue weighted by Gasteiger charge is -2.38. The highest BCUT2D eigenvalue weighted by Crippen LogP contribution is 2.38. The van der Waals surface area contributed by atoms with Crippen LogP contribution in [0.25, 0.3) is 0 Å². The third-order valence-corrected chi connectivity index (χ3v) is 5.44. The van der Waals surface area contributed by atoms with Gasteiger partial charge in [0.2, 0.25) is 5.91 Å². The first-order valence-corrected chi connectivity index (χ1v) is 8.90. The van der Waals surface area contributed by atoms with Gasteiger partial charge in [0.1, 0.15) is 0 Å². The quantitative estimate of drug-likeness (QED) is 0.834. The third-order valence-electron chi connectivity index (χ3n) is 5.11. The largest absolute Gasteiger partial charge is 0.381 e. The van der Waals surface area contributed by atoms with Gasteiger partial charge in [0.25, 0.3) is 0 Å². The third kappa shape index (κ3) is 4.63. The van der Waals surface area contributed by atoms with Gasteiger partial charge >= 0.3 is 0 Å². The molecule has 0 radical (unpaired) electrons. The molecule has 24 heavy (non-hydrogen) atoms. The Hall–Kier alpha value is -0.810. The van der Waals surface area contributed by atoms with Crippen LogP contribution in [0.2, 0.25) is 5.02 Å². The fourth-order valence-electron chi connectivity index (χ4n) is 3.69. The van der Waals surface area contributed by atoms with Crippen molar-refractivity contribution in [1.29, 1.82) is 0 Å². The van der Waals surface area contributed by atoms with E-state index in [0.29, 0.717) is 32.2 Å². The molecule has 1 unspecified atom stereocenters. The Balaban J connectivity index is 0.00000208. The summed E-state index contributed by atoms with van der Waals surface area (Å²) in [6, 6.07) is 8.31. The standard InChI is InChI=1S/C18H25ClN2O2.ClH/c19-16-6-2-1-5-15(16)18(7-10-23-11-8-18)13-21-17(22)12-14-4-3-9-20-14;/h1-2,5-6,14,20H,3-4,7-13H2,(H,21,22);1H. The van der Waals surface area contributed by atoms with Crippen molar-refractivity contribution in [1.82, 2.24) is 10.6 Å². The molecule has 6 heteroatoms. The fourth-order valence-corrected chi connectivity index (χ4v) is 4.03. The fraction of sp³-hybridized carbons (Fsp3) is 0.611. The van der Waals surface area contributed by atoms with Crippen LogP contribution in [0, 0.1) is 0 Å². The number of hydrogen-bond donors (Lipinski definition) is 2. The molecule has 0 aromatic heterocycles. The number of halogens is 2. The number of nitrogens with one attached hydrogen (secondary N) is 2. The molecule has 1 aromatic rings. The lowest BCUT2D eigenvalue weighted by Crippen LogP contribution is -2.45. The number of hydrogen-bond acceptors (Lipinski definition) is 3. The molecule has 0 spiro atoms. The number of rotatable bonds is 5. The average Bonchev–Trinajstić information content (AvgIpc) is 3.07. The van der Waals surface area contributed by atoms with Crippen LogP contribution in [0.4, 0.5) is 0 Å². The van der Waals surface area contributed by atoms with Gasteiger partial charge in [-0.1, -0.05) is 29.8 Å². The van der Waals surface area contributed by atoms with Crippen molar-refractivity contribution in [3.05, 3.63) is 34.9 Å². The molecule has 0 aliphatic carbocycles. The van der Waals surface area contributed by atoms with E-state index in [-0.39, 0.29) is 23.7 Å². The lowest BCUT2D eigenvalue weighted by molar-refractivity contribution is -0.122. The molecule has 2 saturated heterocycles. The maximum Gasteiger partial charge on any atom is 0.221 e. The molecule has 3 rings (SSSR count). The Bertz CT molecular complexity index is 542. The highest BCUT2D eigenvalue weighted by atomic mass is 35.5. The Morgan fingerprint density at radius 3 is 2.75 bits per heavy atom. The minimum absolute atomic E-state index is 0. The Kier molecular flexibility index (Phi) is 7.35. The van der Waals surface area contributed by atoms with E-state index in [2.05, 4.69) is 16.7 Å². The summed E-state index contributed by atoms with van der Waals surface area (Å²) in [4.78, 5) is 12.3. The highest BCUT2D eigenvalue weighted by molar-refractivity contribution is 6.31. The van der Waals surface area contributed by atoms with E-state index in [1.165, 1.54) is 6.42 Å². The number of ether oxygens (including phenoxy) is 1. The van der Waals surface area contributed by atoms with Gasteiger partial charge in [-0.2, -0.15) is 0 Å². The first-order valence-electron chi connectivity index (χ1n) is 8.52. The van der Waals surface area contributed by atoms with Crippen molar-refractivity contribution in [2.45, 2.75) is 43.6 Å². The summed E-state index contributed by atoms with van der Waals surface area (Å²) < 4.78 is 5.53. The second-order valence-corrected chi connectivity index (χ2v) is 7.05. The van der Waals surface area contributed by atoms with Crippen molar-refractivity contribution in [2.75, 3.05) is 26.3 Å². The molecule has 0 saturated carbocycles. The zero-order valence-electron chi connectivity index (χ0n) is 13.9. The zero-order chi connectivity index (χ0) is 16.1. The van der Waals surface area contributed by atoms with Gasteiger partial charge in [-0.15, -0.1) is 12.4 Å². The van der Waals surface area contributed by atoms with Crippen molar-refractivity contribution in [3.63, 3.8) is 0 Å². The van der Waals surface area contributed by atoms with Crippen molar-refractivity contribution >= 4 is 29.9 Å². The average molecular weight is 373 g/mol. The minimum atomic E-state index is -0.116. The van der Waals surface area contributed by atoms with E-state index in [0.717, 1.165) is 36.4 Å². The molecule has 1 amide bonds. The van der Waals surface area contributed by atoms with Gasteiger partial charge in [-0.25, -0.2) is 0 Å². The van der Waals surface area contributed by atoms with Gasteiger partial charge in [-0.05, 0) is 43.9 Å². The van der Waals surface area contributed by atoms with E-state index in [1.807, 2.05) is 18.2 Å². The number of amides is 1. The van der Waals surface area contributed by atoms with Gasteiger partial charge in [0.05, 0.1) is 0 Å². The van der Waals surface area contributed by atoms with E-state index >= 15 is 0 Å². The second kappa shape index (κ2) is 9.04. The molecule has 2 aliphatic rings. The number of benzene rings is 1. The summed E-state index contributed by atoms with van der Waals surface area (Å²) in [5.74, 6) is 0.127. The summed E-state index contributed by atoms with van der Waals surface area (Å²) in [5.41, 5.74) is 1.01. The first kappa shape index (κ1) is 19.5. The van der Waals surface area contributed by atoms with Crippen LogP contribution in [0.3, 0.4) is 0 Å². The monoisotopic (exact) mass is 372 g/mol. The highest BCUT2D eigenvalue weighted by Gasteiger charge is 2.36. The minimum Gasteiger partial charge on any atom is -0.381 e. The van der Waals surface area contributed by atoms with Crippen molar-refractivity contribution in [3.8, 4) is 0 Å². The van der Waals surface area contributed by atoms with Crippen molar-refractivity contribution in [2.24, 2.45) is 0 Å². The topological polar surface area (TPSA) is 50.4 Å². The molecule has 2 heterocycles. The van der Waals surface area contributed by atoms with Crippen LogP contribution < -0.4 is 10.6 Å². The predicted molar refractivity (Wildman–Crippen MR) is 99.1 cm³/mol. The molecule has 2 N–H and O–H groups in total. The molecule has 0 bridgehead atoms. The molecular formula is C18H26Cl2N2O2. The zero-order valence-corrected chi connectivity index (χ0v) is 15.4. The predicted octanol–water partition coefficient (Wildman–Crippen LogP) is 3.07. The molecule has 2 aliphatic heterocycles. The van der Waals surface area contributed by atoms with E-state index in [9.17, 15) is 4.79 Å². The lowest BCUT2D eigenvalue weighted by atomic mass is 9.74. The van der Waals surface area contributed by atoms with Crippen LogP contribution in [0.1, 0.15) is 37.7 Å². The Labute approximate surface area is 155 Å². The normalized spacial score (nSPS) is 22.6. The SMILES string of the molecule is Cl.O=C(CC1CCCN1)NCC1(c2ccccc2Cl)CCOCC1.